The SMILES string of the molecule is CCCCN1CC(C)CC(NCCCO)C1. The molecule has 0 aromatic carbocycles. The Morgan fingerprint density at radius 2 is 2.12 bits per heavy atom. The Bertz CT molecular complexity index is 175. The predicted molar refractivity (Wildman–Crippen MR) is 68.6 cm³/mol. The lowest BCUT2D eigenvalue weighted by Crippen LogP contribution is -2.49. The zero-order chi connectivity index (χ0) is 11.8. The summed E-state index contributed by atoms with van der Waals surface area (Å²) in [5, 5.41) is 12.3. The molecule has 1 heterocycles. The van der Waals surface area contributed by atoms with Gasteiger partial charge in [0, 0.05) is 25.7 Å². The minimum Gasteiger partial charge on any atom is -0.396 e. The van der Waals surface area contributed by atoms with E-state index in [-0.39, 0.29) is 0 Å². The van der Waals surface area contributed by atoms with E-state index in [1.165, 1.54) is 38.9 Å². The van der Waals surface area contributed by atoms with Crippen molar-refractivity contribution >= 4 is 0 Å². The third kappa shape index (κ3) is 5.28. The van der Waals surface area contributed by atoms with Crippen molar-refractivity contribution in [3.05, 3.63) is 0 Å². The summed E-state index contributed by atoms with van der Waals surface area (Å²) < 4.78 is 0. The average Bonchev–Trinajstić information content (AvgIpc) is 2.26. The Hall–Kier alpha value is -0.120. The molecule has 2 unspecified atom stereocenters. The number of aliphatic hydroxyl groups is 1. The van der Waals surface area contributed by atoms with E-state index in [1.54, 1.807) is 0 Å². The number of rotatable bonds is 7. The number of piperidine rings is 1. The molecule has 0 amide bonds. The third-order valence-electron chi connectivity index (χ3n) is 3.33. The van der Waals surface area contributed by atoms with Crippen LogP contribution >= 0.6 is 0 Å². The average molecular weight is 228 g/mol. The van der Waals surface area contributed by atoms with Crippen LogP contribution in [0.15, 0.2) is 0 Å². The highest BCUT2D eigenvalue weighted by Gasteiger charge is 2.23. The summed E-state index contributed by atoms with van der Waals surface area (Å²) in [6, 6.07) is 0.632. The van der Waals surface area contributed by atoms with Gasteiger partial charge in [-0.1, -0.05) is 20.3 Å². The van der Waals surface area contributed by atoms with Crippen molar-refractivity contribution in [1.82, 2.24) is 10.2 Å². The van der Waals surface area contributed by atoms with Crippen LogP contribution in [0.1, 0.15) is 39.5 Å². The van der Waals surface area contributed by atoms with Crippen LogP contribution in [-0.4, -0.2) is 48.8 Å². The second kappa shape index (κ2) is 8.04. The Balaban J connectivity index is 2.23. The summed E-state index contributed by atoms with van der Waals surface area (Å²) in [6.07, 6.45) is 4.76. The number of nitrogens with one attached hydrogen (secondary N) is 1. The first-order valence-electron chi connectivity index (χ1n) is 6.82. The van der Waals surface area contributed by atoms with Crippen molar-refractivity contribution in [3.8, 4) is 0 Å². The Morgan fingerprint density at radius 1 is 1.31 bits per heavy atom. The second-order valence-electron chi connectivity index (χ2n) is 5.18. The van der Waals surface area contributed by atoms with Crippen molar-refractivity contribution in [2.45, 2.75) is 45.6 Å². The van der Waals surface area contributed by atoms with Crippen LogP contribution in [0, 0.1) is 5.92 Å². The van der Waals surface area contributed by atoms with Gasteiger partial charge in [-0.2, -0.15) is 0 Å². The maximum atomic E-state index is 8.77. The summed E-state index contributed by atoms with van der Waals surface area (Å²) >= 11 is 0. The van der Waals surface area contributed by atoms with Crippen molar-refractivity contribution < 1.29 is 5.11 Å². The van der Waals surface area contributed by atoms with Gasteiger partial charge in [0.2, 0.25) is 0 Å². The van der Waals surface area contributed by atoms with E-state index in [9.17, 15) is 0 Å². The first kappa shape index (κ1) is 13.9. The van der Waals surface area contributed by atoms with E-state index in [0.29, 0.717) is 12.6 Å². The maximum absolute atomic E-state index is 8.77. The number of likely N-dealkylation sites (tertiary alicyclic amines) is 1. The molecular weight excluding hydrogens is 200 g/mol. The standard InChI is InChI=1S/C13H28N2O/c1-3-4-7-15-10-12(2)9-13(11-15)14-6-5-8-16/h12-14,16H,3-11H2,1-2H3. The Labute approximate surface area is 100 Å². The number of hydrogen-bond acceptors (Lipinski definition) is 3. The fraction of sp³-hybridized carbons (Fsp3) is 1.00. The van der Waals surface area contributed by atoms with Gasteiger partial charge in [0.05, 0.1) is 0 Å². The molecule has 1 aliphatic heterocycles. The zero-order valence-electron chi connectivity index (χ0n) is 10.9. The molecule has 1 saturated heterocycles. The van der Waals surface area contributed by atoms with Crippen LogP contribution in [0.2, 0.25) is 0 Å². The van der Waals surface area contributed by atoms with E-state index < -0.39 is 0 Å². The highest BCUT2D eigenvalue weighted by atomic mass is 16.3. The maximum Gasteiger partial charge on any atom is 0.0443 e. The van der Waals surface area contributed by atoms with Crippen molar-refractivity contribution in [2.75, 3.05) is 32.8 Å². The minimum absolute atomic E-state index is 0.300. The molecule has 0 spiro atoms. The molecule has 1 fully saturated rings. The molecule has 0 aromatic rings. The van der Waals surface area contributed by atoms with E-state index in [1.807, 2.05) is 0 Å². The summed E-state index contributed by atoms with van der Waals surface area (Å²) in [6.45, 7) is 9.56. The number of aliphatic hydroxyl groups excluding tert-OH is 1. The quantitative estimate of drug-likeness (QED) is 0.648. The van der Waals surface area contributed by atoms with Gasteiger partial charge in [-0.15, -0.1) is 0 Å². The van der Waals surface area contributed by atoms with E-state index >= 15 is 0 Å². The Morgan fingerprint density at radius 3 is 2.81 bits per heavy atom. The van der Waals surface area contributed by atoms with Crippen molar-refractivity contribution in [2.24, 2.45) is 5.92 Å². The summed E-state index contributed by atoms with van der Waals surface area (Å²) in [4.78, 5) is 2.59. The van der Waals surface area contributed by atoms with Gasteiger partial charge in [0.1, 0.15) is 0 Å². The van der Waals surface area contributed by atoms with E-state index in [0.717, 1.165) is 18.9 Å². The van der Waals surface area contributed by atoms with Crippen LogP contribution in [0.5, 0.6) is 0 Å². The van der Waals surface area contributed by atoms with Crippen molar-refractivity contribution in [3.63, 3.8) is 0 Å². The Kier molecular flexibility index (Phi) is 7.01. The lowest BCUT2D eigenvalue weighted by atomic mass is 9.95. The first-order chi connectivity index (χ1) is 7.76. The fourth-order valence-corrected chi connectivity index (χ4v) is 2.56. The van der Waals surface area contributed by atoms with Crippen LogP contribution in [-0.2, 0) is 0 Å². The molecule has 1 rings (SSSR count). The molecule has 3 nitrogen and oxygen atoms in total. The molecule has 96 valence electrons. The van der Waals surface area contributed by atoms with E-state index in [2.05, 4.69) is 24.1 Å². The van der Waals surface area contributed by atoms with Gasteiger partial charge >= 0.3 is 0 Å². The van der Waals surface area contributed by atoms with Crippen LogP contribution in [0.3, 0.4) is 0 Å². The lowest BCUT2D eigenvalue weighted by Gasteiger charge is -2.37. The molecule has 0 radical (unpaired) electrons. The third-order valence-corrected chi connectivity index (χ3v) is 3.33. The second-order valence-corrected chi connectivity index (χ2v) is 5.18. The van der Waals surface area contributed by atoms with Gasteiger partial charge in [-0.25, -0.2) is 0 Å². The fourth-order valence-electron chi connectivity index (χ4n) is 2.56. The number of hydrogen-bond donors (Lipinski definition) is 2. The normalized spacial score (nSPS) is 27.2. The van der Waals surface area contributed by atoms with E-state index in [4.69, 9.17) is 5.11 Å². The van der Waals surface area contributed by atoms with Gasteiger partial charge in [-0.05, 0) is 38.3 Å². The molecule has 0 aliphatic carbocycles. The van der Waals surface area contributed by atoms with Crippen molar-refractivity contribution in [1.29, 1.82) is 0 Å². The first-order valence-corrected chi connectivity index (χ1v) is 6.82. The molecule has 1 aliphatic rings. The number of unbranched alkanes of at least 4 members (excludes halogenated alkanes) is 1. The highest BCUT2D eigenvalue weighted by molar-refractivity contribution is 4.81. The molecule has 16 heavy (non-hydrogen) atoms. The molecule has 3 heteroatoms. The molecule has 0 bridgehead atoms. The molecule has 0 saturated carbocycles. The van der Waals surface area contributed by atoms with Gasteiger partial charge < -0.3 is 15.3 Å². The monoisotopic (exact) mass is 228 g/mol. The smallest absolute Gasteiger partial charge is 0.0443 e. The predicted octanol–water partition coefficient (Wildman–Crippen LogP) is 1.47. The number of nitrogens with zero attached hydrogens (tertiary/aromatic N) is 1. The molecule has 0 aromatic heterocycles. The largest absolute Gasteiger partial charge is 0.396 e. The summed E-state index contributed by atoms with van der Waals surface area (Å²) in [5.74, 6) is 0.803. The van der Waals surface area contributed by atoms with Crippen LogP contribution < -0.4 is 5.32 Å². The van der Waals surface area contributed by atoms with Crippen LogP contribution in [0.4, 0.5) is 0 Å². The van der Waals surface area contributed by atoms with Crippen LogP contribution in [0.25, 0.3) is 0 Å². The van der Waals surface area contributed by atoms with Gasteiger partial charge in [-0.3, -0.25) is 0 Å². The molecular formula is C13H28N2O. The summed E-state index contributed by atoms with van der Waals surface area (Å²) in [7, 11) is 0. The topological polar surface area (TPSA) is 35.5 Å². The lowest BCUT2D eigenvalue weighted by molar-refractivity contribution is 0.146. The zero-order valence-corrected chi connectivity index (χ0v) is 10.9. The minimum atomic E-state index is 0.300. The highest BCUT2D eigenvalue weighted by Crippen LogP contribution is 2.16. The van der Waals surface area contributed by atoms with Gasteiger partial charge in [0.25, 0.3) is 0 Å². The molecule has 2 N–H and O–H groups in total. The molecule has 2 atom stereocenters. The summed E-state index contributed by atoms with van der Waals surface area (Å²) in [5.41, 5.74) is 0. The van der Waals surface area contributed by atoms with Gasteiger partial charge in [0.15, 0.2) is 0 Å².